The number of carbonyl (C=O) groups is 1. The minimum atomic E-state index is -3.52. The van der Waals surface area contributed by atoms with Gasteiger partial charge in [0, 0.05) is 26.7 Å². The van der Waals surface area contributed by atoms with Gasteiger partial charge >= 0.3 is 0 Å². The molecule has 0 aliphatic carbocycles. The van der Waals surface area contributed by atoms with Gasteiger partial charge in [-0.05, 0) is 20.8 Å². The SMILES string of the molecule is CN(C)S(=O)(=O)N(C)CC(=O)NC(C)(C)C. The molecule has 0 saturated carbocycles. The van der Waals surface area contributed by atoms with Crippen molar-refractivity contribution in [1.29, 1.82) is 0 Å². The molecular formula is C9H21N3O3S. The molecule has 0 rings (SSSR count). The van der Waals surface area contributed by atoms with Crippen molar-refractivity contribution in [3.63, 3.8) is 0 Å². The van der Waals surface area contributed by atoms with Crippen molar-refractivity contribution in [2.45, 2.75) is 26.3 Å². The van der Waals surface area contributed by atoms with E-state index < -0.39 is 10.2 Å². The molecule has 1 amide bonds. The minimum absolute atomic E-state index is 0.183. The Morgan fingerprint density at radius 1 is 1.19 bits per heavy atom. The van der Waals surface area contributed by atoms with Crippen molar-refractivity contribution in [1.82, 2.24) is 13.9 Å². The van der Waals surface area contributed by atoms with Gasteiger partial charge in [0.05, 0.1) is 6.54 Å². The summed E-state index contributed by atoms with van der Waals surface area (Å²) in [5, 5.41) is 2.70. The molecule has 0 aliphatic rings. The number of hydrogen-bond donors (Lipinski definition) is 1. The van der Waals surface area contributed by atoms with Crippen LogP contribution in [0.15, 0.2) is 0 Å². The number of nitrogens with zero attached hydrogens (tertiary/aromatic N) is 2. The Kier molecular flexibility index (Phi) is 4.90. The van der Waals surface area contributed by atoms with Crippen molar-refractivity contribution >= 4 is 16.1 Å². The average molecular weight is 251 g/mol. The van der Waals surface area contributed by atoms with Gasteiger partial charge in [-0.2, -0.15) is 17.0 Å². The first-order chi connectivity index (χ1) is 6.97. The number of likely N-dealkylation sites (N-methyl/N-ethyl adjacent to an activating group) is 1. The van der Waals surface area contributed by atoms with E-state index in [1.165, 1.54) is 21.1 Å². The fourth-order valence-electron chi connectivity index (χ4n) is 1.02. The molecule has 7 heteroatoms. The topological polar surface area (TPSA) is 69.7 Å². The zero-order valence-electron chi connectivity index (χ0n) is 10.7. The van der Waals surface area contributed by atoms with E-state index in [4.69, 9.17) is 0 Å². The van der Waals surface area contributed by atoms with Crippen LogP contribution < -0.4 is 5.32 Å². The maximum Gasteiger partial charge on any atom is 0.281 e. The van der Waals surface area contributed by atoms with E-state index in [9.17, 15) is 13.2 Å². The van der Waals surface area contributed by atoms with E-state index in [2.05, 4.69) is 5.32 Å². The first-order valence-corrected chi connectivity index (χ1v) is 6.31. The number of nitrogens with one attached hydrogen (secondary N) is 1. The second-order valence-electron chi connectivity index (χ2n) is 4.84. The van der Waals surface area contributed by atoms with Gasteiger partial charge in [-0.1, -0.05) is 0 Å². The van der Waals surface area contributed by atoms with Crippen molar-refractivity contribution in [3.8, 4) is 0 Å². The van der Waals surface area contributed by atoms with Gasteiger partial charge in [-0.3, -0.25) is 4.79 Å². The van der Waals surface area contributed by atoms with E-state index in [1.54, 1.807) is 0 Å². The lowest BCUT2D eigenvalue weighted by Crippen LogP contribution is -2.48. The summed E-state index contributed by atoms with van der Waals surface area (Å²) in [4.78, 5) is 11.5. The summed E-state index contributed by atoms with van der Waals surface area (Å²) < 4.78 is 25.3. The summed E-state index contributed by atoms with van der Waals surface area (Å²) in [6.45, 7) is 5.33. The molecule has 0 saturated heterocycles. The second-order valence-corrected chi connectivity index (χ2v) is 7.09. The van der Waals surface area contributed by atoms with E-state index in [-0.39, 0.29) is 18.0 Å². The molecule has 0 fully saturated rings. The van der Waals surface area contributed by atoms with Crippen LogP contribution in [0.5, 0.6) is 0 Å². The van der Waals surface area contributed by atoms with Crippen LogP contribution in [0.2, 0.25) is 0 Å². The van der Waals surface area contributed by atoms with Gasteiger partial charge < -0.3 is 5.32 Å². The lowest BCUT2D eigenvalue weighted by molar-refractivity contribution is -0.122. The fourth-order valence-corrected chi connectivity index (χ4v) is 1.86. The first kappa shape index (κ1) is 15.3. The summed E-state index contributed by atoms with van der Waals surface area (Å²) in [6, 6.07) is 0. The molecule has 16 heavy (non-hydrogen) atoms. The van der Waals surface area contributed by atoms with Crippen LogP contribution in [0.25, 0.3) is 0 Å². The lowest BCUT2D eigenvalue weighted by Gasteiger charge is -2.24. The van der Waals surface area contributed by atoms with Crippen molar-refractivity contribution < 1.29 is 13.2 Å². The number of carbonyl (C=O) groups excluding carboxylic acids is 1. The highest BCUT2D eigenvalue weighted by molar-refractivity contribution is 7.86. The molecule has 0 unspecified atom stereocenters. The smallest absolute Gasteiger partial charge is 0.281 e. The van der Waals surface area contributed by atoms with Crippen LogP contribution in [-0.2, 0) is 15.0 Å². The predicted octanol–water partition coefficient (Wildman–Crippen LogP) is -0.361. The van der Waals surface area contributed by atoms with Crippen molar-refractivity contribution in [2.24, 2.45) is 0 Å². The molecule has 0 spiro atoms. The van der Waals surface area contributed by atoms with Gasteiger partial charge in [0.1, 0.15) is 0 Å². The van der Waals surface area contributed by atoms with Crippen LogP contribution in [0.1, 0.15) is 20.8 Å². The largest absolute Gasteiger partial charge is 0.350 e. The van der Waals surface area contributed by atoms with Gasteiger partial charge in [0.25, 0.3) is 10.2 Å². The second kappa shape index (κ2) is 5.11. The summed E-state index contributed by atoms with van der Waals surface area (Å²) in [7, 11) is 0.699. The maximum atomic E-state index is 11.6. The Balaban J connectivity index is 4.48. The van der Waals surface area contributed by atoms with E-state index in [0.717, 1.165) is 8.61 Å². The van der Waals surface area contributed by atoms with E-state index in [0.29, 0.717) is 0 Å². The summed E-state index contributed by atoms with van der Waals surface area (Å²) in [5.41, 5.74) is -0.361. The Hall–Kier alpha value is -0.660. The molecule has 0 aromatic carbocycles. The van der Waals surface area contributed by atoms with E-state index >= 15 is 0 Å². The fraction of sp³-hybridized carbons (Fsp3) is 0.889. The summed E-state index contributed by atoms with van der Waals surface area (Å²) in [5.74, 6) is -0.319. The average Bonchev–Trinajstić information content (AvgIpc) is 1.99. The Bertz CT molecular complexity index is 344. The quantitative estimate of drug-likeness (QED) is 0.742. The molecule has 0 aromatic heterocycles. The van der Waals surface area contributed by atoms with Crippen LogP contribution >= 0.6 is 0 Å². The summed E-state index contributed by atoms with van der Waals surface area (Å²) >= 11 is 0. The zero-order chi connectivity index (χ0) is 13.1. The highest BCUT2D eigenvalue weighted by Gasteiger charge is 2.24. The highest BCUT2D eigenvalue weighted by Crippen LogP contribution is 2.02. The lowest BCUT2D eigenvalue weighted by atomic mass is 10.1. The molecule has 0 radical (unpaired) electrons. The number of amides is 1. The molecular weight excluding hydrogens is 230 g/mol. The molecule has 0 aliphatic heterocycles. The van der Waals surface area contributed by atoms with Crippen LogP contribution in [0.4, 0.5) is 0 Å². The minimum Gasteiger partial charge on any atom is -0.350 e. The van der Waals surface area contributed by atoms with Gasteiger partial charge in [0.2, 0.25) is 5.91 Å². The molecule has 96 valence electrons. The Labute approximate surface area is 97.8 Å². The molecule has 1 N–H and O–H groups in total. The van der Waals surface area contributed by atoms with Gasteiger partial charge in [-0.15, -0.1) is 0 Å². The standard InChI is InChI=1S/C9H21N3O3S/c1-9(2,3)10-8(13)7-12(6)16(14,15)11(4)5/h7H2,1-6H3,(H,10,13). The normalized spacial score (nSPS) is 13.2. The monoisotopic (exact) mass is 251 g/mol. The maximum absolute atomic E-state index is 11.6. The van der Waals surface area contributed by atoms with E-state index in [1.807, 2.05) is 20.8 Å². The first-order valence-electron chi connectivity index (χ1n) is 4.91. The van der Waals surface area contributed by atoms with Crippen LogP contribution in [0, 0.1) is 0 Å². The number of rotatable bonds is 4. The Morgan fingerprint density at radius 2 is 1.62 bits per heavy atom. The van der Waals surface area contributed by atoms with Crippen LogP contribution in [0.3, 0.4) is 0 Å². The van der Waals surface area contributed by atoms with Crippen LogP contribution in [-0.4, -0.2) is 56.2 Å². The molecule has 0 aromatic rings. The van der Waals surface area contributed by atoms with Gasteiger partial charge in [-0.25, -0.2) is 0 Å². The number of hydrogen-bond acceptors (Lipinski definition) is 3. The Morgan fingerprint density at radius 3 is 1.94 bits per heavy atom. The zero-order valence-corrected chi connectivity index (χ0v) is 11.6. The van der Waals surface area contributed by atoms with Gasteiger partial charge in [0.15, 0.2) is 0 Å². The molecule has 6 nitrogen and oxygen atoms in total. The molecule has 0 bridgehead atoms. The van der Waals surface area contributed by atoms with Crippen molar-refractivity contribution in [3.05, 3.63) is 0 Å². The third-order valence-electron chi connectivity index (χ3n) is 1.74. The summed E-state index contributed by atoms with van der Waals surface area (Å²) in [6.07, 6.45) is 0. The molecule has 0 heterocycles. The third kappa shape index (κ3) is 4.91. The third-order valence-corrected chi connectivity index (χ3v) is 3.58. The predicted molar refractivity (Wildman–Crippen MR) is 63.1 cm³/mol. The highest BCUT2D eigenvalue weighted by atomic mass is 32.2. The molecule has 0 atom stereocenters. The van der Waals surface area contributed by atoms with Crippen molar-refractivity contribution in [2.75, 3.05) is 27.7 Å².